The number of ether oxygens (including phenoxy) is 1. The number of hydrogen-bond acceptors (Lipinski definition) is 3. The predicted molar refractivity (Wildman–Crippen MR) is 78.7 cm³/mol. The zero-order valence-electron chi connectivity index (χ0n) is 10.7. The Bertz CT molecular complexity index is 509. The van der Waals surface area contributed by atoms with Crippen molar-refractivity contribution in [3.8, 4) is 5.75 Å². The number of hydrogen-bond donors (Lipinski definition) is 2. The van der Waals surface area contributed by atoms with E-state index in [2.05, 4.69) is 17.6 Å². The van der Waals surface area contributed by atoms with E-state index in [1.807, 2.05) is 24.3 Å². The van der Waals surface area contributed by atoms with Crippen molar-refractivity contribution in [2.45, 2.75) is 19.8 Å². The van der Waals surface area contributed by atoms with Gasteiger partial charge in [-0.25, -0.2) is 0 Å². The first kappa shape index (κ1) is 13.5. The molecule has 1 aliphatic rings. The van der Waals surface area contributed by atoms with Crippen molar-refractivity contribution in [3.63, 3.8) is 0 Å². The third-order valence-corrected chi connectivity index (χ3v) is 2.88. The van der Waals surface area contributed by atoms with Crippen molar-refractivity contribution in [1.82, 2.24) is 10.6 Å². The molecule has 0 radical (unpaired) electrons. The van der Waals surface area contributed by atoms with Crippen LogP contribution in [-0.2, 0) is 4.79 Å². The minimum atomic E-state index is -0.201. The molecular formula is C14H16N2O2S. The van der Waals surface area contributed by atoms with E-state index in [0.29, 0.717) is 10.8 Å². The minimum Gasteiger partial charge on any atom is -0.494 e. The third kappa shape index (κ3) is 3.79. The Morgan fingerprint density at radius 3 is 2.58 bits per heavy atom. The number of amides is 1. The molecule has 1 fully saturated rings. The predicted octanol–water partition coefficient (Wildman–Crippen LogP) is 2.21. The molecule has 100 valence electrons. The first-order valence-corrected chi connectivity index (χ1v) is 6.67. The second-order valence-corrected chi connectivity index (χ2v) is 4.65. The number of benzene rings is 1. The molecule has 0 saturated carbocycles. The van der Waals surface area contributed by atoms with Gasteiger partial charge in [-0.05, 0) is 42.4 Å². The van der Waals surface area contributed by atoms with Gasteiger partial charge in [-0.3, -0.25) is 10.1 Å². The molecule has 0 atom stereocenters. The number of rotatable bonds is 5. The van der Waals surface area contributed by atoms with E-state index in [1.165, 1.54) is 0 Å². The average Bonchev–Trinajstić information content (AvgIpc) is 2.70. The molecule has 1 aromatic carbocycles. The van der Waals surface area contributed by atoms with Crippen LogP contribution >= 0.6 is 12.2 Å². The van der Waals surface area contributed by atoms with Crippen molar-refractivity contribution < 1.29 is 9.53 Å². The lowest BCUT2D eigenvalue weighted by molar-refractivity contribution is -0.115. The zero-order valence-corrected chi connectivity index (χ0v) is 11.5. The number of carbonyl (C=O) groups is 1. The van der Waals surface area contributed by atoms with Crippen molar-refractivity contribution in [2.75, 3.05) is 6.61 Å². The summed E-state index contributed by atoms with van der Waals surface area (Å²) in [7, 11) is 0. The summed E-state index contributed by atoms with van der Waals surface area (Å²) in [4.78, 5) is 11.5. The molecule has 0 bridgehead atoms. The van der Waals surface area contributed by atoms with Crippen molar-refractivity contribution in [1.29, 1.82) is 0 Å². The maximum atomic E-state index is 11.5. The number of thiocarbonyl (C=S) groups is 1. The third-order valence-electron chi connectivity index (χ3n) is 2.68. The summed E-state index contributed by atoms with van der Waals surface area (Å²) in [5.41, 5.74) is 1.38. The highest BCUT2D eigenvalue weighted by atomic mass is 32.1. The fraction of sp³-hybridized carbons (Fsp3) is 0.286. The molecule has 1 heterocycles. The molecule has 2 rings (SSSR count). The molecule has 0 aliphatic carbocycles. The van der Waals surface area contributed by atoms with E-state index < -0.39 is 0 Å². The Morgan fingerprint density at radius 1 is 1.26 bits per heavy atom. The molecule has 4 nitrogen and oxygen atoms in total. The lowest BCUT2D eigenvalue weighted by Gasteiger charge is -2.05. The Morgan fingerprint density at radius 2 is 2.00 bits per heavy atom. The van der Waals surface area contributed by atoms with Gasteiger partial charge in [-0.15, -0.1) is 0 Å². The summed E-state index contributed by atoms with van der Waals surface area (Å²) in [6, 6.07) is 7.61. The second-order valence-electron chi connectivity index (χ2n) is 4.24. The van der Waals surface area contributed by atoms with Crippen molar-refractivity contribution in [3.05, 3.63) is 35.5 Å². The van der Waals surface area contributed by atoms with Crippen LogP contribution in [0, 0.1) is 0 Å². The van der Waals surface area contributed by atoms with Crippen LogP contribution in [0.1, 0.15) is 25.3 Å². The van der Waals surface area contributed by atoms with E-state index >= 15 is 0 Å². The molecule has 2 N–H and O–H groups in total. The fourth-order valence-electron chi connectivity index (χ4n) is 1.64. The molecule has 19 heavy (non-hydrogen) atoms. The van der Waals surface area contributed by atoms with Crippen LogP contribution in [0.4, 0.5) is 0 Å². The molecule has 0 aromatic heterocycles. The molecule has 0 spiro atoms. The van der Waals surface area contributed by atoms with Gasteiger partial charge in [0.25, 0.3) is 5.91 Å². The highest BCUT2D eigenvalue weighted by Crippen LogP contribution is 2.15. The van der Waals surface area contributed by atoms with E-state index in [4.69, 9.17) is 17.0 Å². The largest absolute Gasteiger partial charge is 0.494 e. The van der Waals surface area contributed by atoms with Gasteiger partial charge in [-0.2, -0.15) is 0 Å². The van der Waals surface area contributed by atoms with Gasteiger partial charge in [-0.1, -0.05) is 25.5 Å². The summed E-state index contributed by atoms with van der Waals surface area (Å²) < 4.78 is 5.57. The Labute approximate surface area is 117 Å². The van der Waals surface area contributed by atoms with Gasteiger partial charge in [0.15, 0.2) is 5.11 Å². The second kappa shape index (κ2) is 6.33. The van der Waals surface area contributed by atoms with Crippen LogP contribution in [0.25, 0.3) is 6.08 Å². The molecule has 5 heteroatoms. The van der Waals surface area contributed by atoms with Crippen molar-refractivity contribution in [2.24, 2.45) is 0 Å². The SMILES string of the molecule is CCCCOc1ccc(/C=C2/NC(=S)NC2=O)cc1. The van der Waals surface area contributed by atoms with Gasteiger partial charge >= 0.3 is 0 Å². The lowest BCUT2D eigenvalue weighted by Crippen LogP contribution is -2.21. The number of carbonyl (C=O) groups excluding carboxylic acids is 1. The van der Waals surface area contributed by atoms with Gasteiger partial charge < -0.3 is 10.1 Å². The molecule has 1 aliphatic heterocycles. The average molecular weight is 276 g/mol. The van der Waals surface area contributed by atoms with E-state index in [0.717, 1.165) is 30.8 Å². The van der Waals surface area contributed by atoms with Gasteiger partial charge in [0.05, 0.1) is 6.61 Å². The molecule has 1 aromatic rings. The van der Waals surface area contributed by atoms with Crippen LogP contribution < -0.4 is 15.4 Å². The fourth-order valence-corrected chi connectivity index (χ4v) is 1.85. The summed E-state index contributed by atoms with van der Waals surface area (Å²) in [5, 5.41) is 5.67. The normalized spacial score (nSPS) is 16.4. The van der Waals surface area contributed by atoms with Crippen LogP contribution in [0.3, 0.4) is 0 Å². The topological polar surface area (TPSA) is 50.4 Å². The van der Waals surface area contributed by atoms with Crippen LogP contribution in [-0.4, -0.2) is 17.6 Å². The smallest absolute Gasteiger partial charge is 0.273 e. The quantitative estimate of drug-likeness (QED) is 0.492. The minimum absolute atomic E-state index is 0.201. The Hall–Kier alpha value is -1.88. The highest BCUT2D eigenvalue weighted by Gasteiger charge is 2.19. The van der Waals surface area contributed by atoms with E-state index in [1.54, 1.807) is 6.08 Å². The number of unbranched alkanes of at least 4 members (excludes halogenated alkanes) is 1. The van der Waals surface area contributed by atoms with Gasteiger partial charge in [0.1, 0.15) is 11.4 Å². The number of nitrogens with one attached hydrogen (secondary N) is 2. The van der Waals surface area contributed by atoms with E-state index in [9.17, 15) is 4.79 Å². The molecular weight excluding hydrogens is 260 g/mol. The van der Waals surface area contributed by atoms with Crippen LogP contribution in [0.2, 0.25) is 0 Å². The summed E-state index contributed by atoms with van der Waals surface area (Å²) >= 11 is 4.87. The summed E-state index contributed by atoms with van der Waals surface area (Å²) in [6.45, 7) is 2.86. The van der Waals surface area contributed by atoms with Gasteiger partial charge in [0.2, 0.25) is 0 Å². The van der Waals surface area contributed by atoms with Gasteiger partial charge in [0, 0.05) is 0 Å². The molecule has 1 amide bonds. The molecule has 0 unspecified atom stereocenters. The highest BCUT2D eigenvalue weighted by molar-refractivity contribution is 7.80. The maximum absolute atomic E-state index is 11.5. The Balaban J connectivity index is 2.00. The zero-order chi connectivity index (χ0) is 13.7. The van der Waals surface area contributed by atoms with Crippen molar-refractivity contribution >= 4 is 29.3 Å². The van der Waals surface area contributed by atoms with Crippen LogP contribution in [0.5, 0.6) is 5.75 Å². The standard InChI is InChI=1S/C14H16N2O2S/c1-2-3-8-18-11-6-4-10(5-7-11)9-12-13(17)16-14(19)15-12/h4-7,9H,2-3,8H2,1H3,(H2,15,16,17,19)/b12-9+. The summed E-state index contributed by atoms with van der Waals surface area (Å²) in [6.07, 6.45) is 3.92. The maximum Gasteiger partial charge on any atom is 0.273 e. The van der Waals surface area contributed by atoms with Crippen LogP contribution in [0.15, 0.2) is 30.0 Å². The molecule has 1 saturated heterocycles. The first-order chi connectivity index (χ1) is 9.19. The monoisotopic (exact) mass is 276 g/mol. The summed E-state index contributed by atoms with van der Waals surface area (Å²) in [5.74, 6) is 0.642. The lowest BCUT2D eigenvalue weighted by atomic mass is 10.2. The Kier molecular flexibility index (Phi) is 4.52. The van der Waals surface area contributed by atoms with E-state index in [-0.39, 0.29) is 5.91 Å². The first-order valence-electron chi connectivity index (χ1n) is 6.26.